The van der Waals surface area contributed by atoms with Crippen molar-refractivity contribution >= 4 is 11.6 Å². The Labute approximate surface area is 88.4 Å². The Morgan fingerprint density at radius 1 is 1.64 bits per heavy atom. The lowest BCUT2D eigenvalue weighted by atomic mass is 9.94. The molecule has 0 spiro atoms. The summed E-state index contributed by atoms with van der Waals surface area (Å²) >= 11 is 5.94. The number of halogens is 1. The van der Waals surface area contributed by atoms with Crippen LogP contribution in [0.4, 0.5) is 0 Å². The number of hydrogen-bond donors (Lipinski definition) is 1. The summed E-state index contributed by atoms with van der Waals surface area (Å²) in [5.41, 5.74) is 1.03. The zero-order valence-corrected chi connectivity index (χ0v) is 8.88. The van der Waals surface area contributed by atoms with Crippen LogP contribution in [0.15, 0.2) is 16.7 Å². The van der Waals surface area contributed by atoms with Gasteiger partial charge in [-0.05, 0) is 31.1 Å². The van der Waals surface area contributed by atoms with E-state index in [4.69, 9.17) is 20.8 Å². The fraction of sp³-hybridized carbons (Fsp3) is 0.600. The number of ether oxygens (including phenoxy) is 1. The third kappa shape index (κ3) is 1.80. The number of rotatable bonds is 3. The maximum absolute atomic E-state index is 5.94. The number of hydrogen-bond acceptors (Lipinski definition) is 3. The molecule has 1 aliphatic heterocycles. The van der Waals surface area contributed by atoms with Crippen molar-refractivity contribution in [3.63, 3.8) is 0 Å². The van der Waals surface area contributed by atoms with Crippen LogP contribution in [-0.4, -0.2) is 20.3 Å². The molecule has 0 amide bonds. The highest BCUT2D eigenvalue weighted by molar-refractivity contribution is 6.29. The first-order chi connectivity index (χ1) is 6.83. The molecule has 0 aromatic carbocycles. The maximum atomic E-state index is 5.94. The van der Waals surface area contributed by atoms with Crippen molar-refractivity contribution in [3.05, 3.63) is 23.1 Å². The summed E-state index contributed by atoms with van der Waals surface area (Å²) in [6.07, 6.45) is 2.70. The molecule has 1 fully saturated rings. The van der Waals surface area contributed by atoms with Crippen molar-refractivity contribution in [3.8, 4) is 0 Å². The summed E-state index contributed by atoms with van der Waals surface area (Å²) in [5, 5.41) is 3.75. The molecule has 4 heteroatoms. The number of nitrogens with one attached hydrogen (secondary N) is 1. The summed E-state index contributed by atoms with van der Waals surface area (Å²) in [4.78, 5) is 0. The molecule has 1 N–H and O–H groups in total. The Balaban J connectivity index is 2.16. The fourth-order valence-electron chi connectivity index (χ4n) is 1.99. The van der Waals surface area contributed by atoms with Crippen LogP contribution < -0.4 is 5.32 Å². The molecule has 14 heavy (non-hydrogen) atoms. The minimum atomic E-state index is 0.240. The molecule has 1 aliphatic rings. The Hall–Kier alpha value is -0.510. The molecule has 1 saturated heterocycles. The third-order valence-corrected chi connectivity index (χ3v) is 3.04. The standard InChI is InChI=1S/C10H14ClNO2/c1-12-9(7-2-4-13-6-7)8-3-5-14-10(8)11/h3,5,7,9,12H,2,4,6H2,1H3. The van der Waals surface area contributed by atoms with Crippen molar-refractivity contribution in [1.29, 1.82) is 0 Å². The summed E-state index contributed by atoms with van der Waals surface area (Å²) in [6.45, 7) is 1.64. The second kappa shape index (κ2) is 4.34. The van der Waals surface area contributed by atoms with Gasteiger partial charge in [0.05, 0.1) is 12.9 Å². The van der Waals surface area contributed by atoms with Crippen LogP contribution in [0.3, 0.4) is 0 Å². The van der Waals surface area contributed by atoms with Crippen LogP contribution in [-0.2, 0) is 4.74 Å². The van der Waals surface area contributed by atoms with Gasteiger partial charge in [0.1, 0.15) is 0 Å². The van der Waals surface area contributed by atoms with Crippen molar-refractivity contribution in [2.24, 2.45) is 5.92 Å². The monoisotopic (exact) mass is 215 g/mol. The average Bonchev–Trinajstić information content (AvgIpc) is 2.80. The molecular formula is C10H14ClNO2. The van der Waals surface area contributed by atoms with Gasteiger partial charge in [-0.1, -0.05) is 0 Å². The second-order valence-corrected chi connectivity index (χ2v) is 3.88. The maximum Gasteiger partial charge on any atom is 0.197 e. The van der Waals surface area contributed by atoms with E-state index >= 15 is 0 Å². The third-order valence-electron chi connectivity index (χ3n) is 2.73. The van der Waals surface area contributed by atoms with E-state index in [1.807, 2.05) is 13.1 Å². The topological polar surface area (TPSA) is 34.4 Å². The van der Waals surface area contributed by atoms with Crippen LogP contribution in [0.2, 0.25) is 5.22 Å². The van der Waals surface area contributed by atoms with Crippen molar-refractivity contribution in [2.75, 3.05) is 20.3 Å². The molecule has 78 valence electrons. The van der Waals surface area contributed by atoms with Gasteiger partial charge < -0.3 is 14.5 Å². The average molecular weight is 216 g/mol. The zero-order valence-electron chi connectivity index (χ0n) is 8.13. The lowest BCUT2D eigenvalue weighted by Gasteiger charge is -2.20. The molecule has 0 saturated carbocycles. The molecule has 2 unspecified atom stereocenters. The smallest absolute Gasteiger partial charge is 0.197 e. The highest BCUT2D eigenvalue weighted by atomic mass is 35.5. The van der Waals surface area contributed by atoms with E-state index < -0.39 is 0 Å². The first-order valence-electron chi connectivity index (χ1n) is 4.81. The largest absolute Gasteiger partial charge is 0.453 e. The molecular weight excluding hydrogens is 202 g/mol. The number of furan rings is 1. The lowest BCUT2D eigenvalue weighted by molar-refractivity contribution is 0.177. The van der Waals surface area contributed by atoms with Gasteiger partial charge in [-0.2, -0.15) is 0 Å². The predicted octanol–water partition coefficient (Wildman–Crippen LogP) is 2.23. The predicted molar refractivity (Wildman–Crippen MR) is 54.4 cm³/mol. The van der Waals surface area contributed by atoms with Crippen LogP contribution in [0, 0.1) is 5.92 Å². The molecule has 1 aromatic rings. The van der Waals surface area contributed by atoms with Crippen LogP contribution in [0.25, 0.3) is 0 Å². The minimum Gasteiger partial charge on any atom is -0.453 e. The quantitative estimate of drug-likeness (QED) is 0.840. The van der Waals surface area contributed by atoms with E-state index in [1.165, 1.54) is 0 Å². The van der Waals surface area contributed by atoms with Gasteiger partial charge in [0.25, 0.3) is 0 Å². The molecule has 2 heterocycles. The van der Waals surface area contributed by atoms with Crippen molar-refractivity contribution in [1.82, 2.24) is 5.32 Å². The van der Waals surface area contributed by atoms with E-state index in [0.717, 1.165) is 25.2 Å². The summed E-state index contributed by atoms with van der Waals surface area (Å²) in [5.74, 6) is 0.495. The van der Waals surface area contributed by atoms with Gasteiger partial charge in [-0.25, -0.2) is 0 Å². The van der Waals surface area contributed by atoms with Gasteiger partial charge in [-0.3, -0.25) is 0 Å². The normalized spacial score (nSPS) is 24.0. The summed E-state index contributed by atoms with van der Waals surface area (Å²) in [7, 11) is 1.94. The molecule has 0 bridgehead atoms. The molecule has 3 nitrogen and oxygen atoms in total. The molecule has 1 aromatic heterocycles. The van der Waals surface area contributed by atoms with Crippen molar-refractivity contribution < 1.29 is 9.15 Å². The zero-order chi connectivity index (χ0) is 9.97. The van der Waals surface area contributed by atoms with E-state index in [0.29, 0.717) is 11.1 Å². The van der Waals surface area contributed by atoms with Crippen LogP contribution in [0.5, 0.6) is 0 Å². The molecule has 2 rings (SSSR count). The Morgan fingerprint density at radius 2 is 2.50 bits per heavy atom. The summed E-state index contributed by atoms with van der Waals surface area (Å²) in [6, 6.07) is 2.16. The fourth-order valence-corrected chi connectivity index (χ4v) is 2.22. The highest BCUT2D eigenvalue weighted by Crippen LogP contribution is 2.33. The van der Waals surface area contributed by atoms with E-state index in [2.05, 4.69) is 5.32 Å². The lowest BCUT2D eigenvalue weighted by Crippen LogP contribution is -2.25. The molecule has 2 atom stereocenters. The van der Waals surface area contributed by atoms with E-state index in [1.54, 1.807) is 6.26 Å². The van der Waals surface area contributed by atoms with Gasteiger partial charge in [-0.15, -0.1) is 0 Å². The highest BCUT2D eigenvalue weighted by Gasteiger charge is 2.28. The molecule has 0 aliphatic carbocycles. The van der Waals surface area contributed by atoms with Gasteiger partial charge in [0.15, 0.2) is 5.22 Å². The first kappa shape index (κ1) is 10.0. The second-order valence-electron chi connectivity index (χ2n) is 3.54. The van der Waals surface area contributed by atoms with E-state index in [9.17, 15) is 0 Å². The SMILES string of the molecule is CNC(c1ccoc1Cl)C1CCOC1. The van der Waals surface area contributed by atoms with Crippen molar-refractivity contribution in [2.45, 2.75) is 12.5 Å². The van der Waals surface area contributed by atoms with Gasteiger partial charge >= 0.3 is 0 Å². The Morgan fingerprint density at radius 3 is 3.00 bits per heavy atom. The Kier molecular flexibility index (Phi) is 3.11. The van der Waals surface area contributed by atoms with E-state index in [-0.39, 0.29) is 6.04 Å². The summed E-state index contributed by atoms with van der Waals surface area (Å²) < 4.78 is 10.5. The molecule has 0 radical (unpaired) electrons. The van der Waals surface area contributed by atoms with Gasteiger partial charge in [0, 0.05) is 24.1 Å². The van der Waals surface area contributed by atoms with Crippen LogP contribution >= 0.6 is 11.6 Å². The minimum absolute atomic E-state index is 0.240. The first-order valence-corrected chi connectivity index (χ1v) is 5.18. The Bertz CT molecular complexity index is 294. The van der Waals surface area contributed by atoms with Gasteiger partial charge in [0.2, 0.25) is 0 Å². The van der Waals surface area contributed by atoms with Crippen LogP contribution in [0.1, 0.15) is 18.0 Å².